The molecular formula is C22H25N3O4. The third-order valence-corrected chi connectivity index (χ3v) is 4.54. The van der Waals surface area contributed by atoms with Crippen LogP contribution in [0, 0.1) is 0 Å². The number of esters is 1. The first-order chi connectivity index (χ1) is 14.1. The van der Waals surface area contributed by atoms with Gasteiger partial charge in [0.25, 0.3) is 5.91 Å². The molecule has 0 saturated heterocycles. The first-order valence-electron chi connectivity index (χ1n) is 9.71. The van der Waals surface area contributed by atoms with Crippen LogP contribution < -0.4 is 10.1 Å². The van der Waals surface area contributed by atoms with Gasteiger partial charge in [-0.25, -0.2) is 9.78 Å². The Morgan fingerprint density at radius 1 is 1.17 bits per heavy atom. The van der Waals surface area contributed by atoms with Crippen molar-refractivity contribution in [1.29, 1.82) is 0 Å². The molecule has 7 heteroatoms. The van der Waals surface area contributed by atoms with Gasteiger partial charge < -0.3 is 14.8 Å². The number of rotatable bonds is 8. The van der Waals surface area contributed by atoms with E-state index in [9.17, 15) is 9.59 Å². The smallest absolute Gasteiger partial charge is 0.338 e. The van der Waals surface area contributed by atoms with E-state index in [1.54, 1.807) is 54.1 Å². The number of carbonyl (C=O) groups excluding carboxylic acids is 2. The summed E-state index contributed by atoms with van der Waals surface area (Å²) < 4.78 is 12.3. The predicted molar refractivity (Wildman–Crippen MR) is 111 cm³/mol. The van der Waals surface area contributed by atoms with Crippen molar-refractivity contribution in [3.8, 4) is 5.75 Å². The van der Waals surface area contributed by atoms with Crippen LogP contribution in [0.15, 0.2) is 42.6 Å². The van der Waals surface area contributed by atoms with E-state index >= 15 is 0 Å². The van der Waals surface area contributed by atoms with E-state index in [1.807, 2.05) is 13.8 Å². The lowest BCUT2D eigenvalue weighted by molar-refractivity contribution is 0.0499. The molecule has 0 spiro atoms. The van der Waals surface area contributed by atoms with Crippen LogP contribution in [0.4, 0.5) is 5.69 Å². The number of nitrogens with one attached hydrogen (secondary N) is 1. The third kappa shape index (κ3) is 4.39. The Morgan fingerprint density at radius 2 is 2.00 bits per heavy atom. The molecule has 0 unspecified atom stereocenters. The van der Waals surface area contributed by atoms with Gasteiger partial charge >= 0.3 is 5.97 Å². The fourth-order valence-electron chi connectivity index (χ4n) is 3.04. The Morgan fingerprint density at radius 3 is 2.72 bits per heavy atom. The maximum Gasteiger partial charge on any atom is 0.338 e. The standard InChI is InChI=1S/C22H25N3O4/c1-4-6-13-29-22(27)15-9-7-10-16(14-15)23-21(26)19-17(5-2)24-20-18(28-3)11-8-12-25(19)20/h7-12,14H,4-6,13H2,1-3H3,(H,23,26). The normalized spacial score (nSPS) is 10.7. The van der Waals surface area contributed by atoms with E-state index in [0.717, 1.165) is 12.8 Å². The molecular weight excluding hydrogens is 370 g/mol. The Labute approximate surface area is 169 Å². The number of hydrogen-bond donors (Lipinski definition) is 1. The molecule has 0 aliphatic rings. The molecule has 0 bridgehead atoms. The van der Waals surface area contributed by atoms with Gasteiger partial charge in [-0.1, -0.05) is 26.3 Å². The summed E-state index contributed by atoms with van der Waals surface area (Å²) in [6.45, 7) is 4.36. The number of methoxy groups -OCH3 is 1. The summed E-state index contributed by atoms with van der Waals surface area (Å²) in [5.74, 6) is -0.111. The van der Waals surface area contributed by atoms with Crippen molar-refractivity contribution in [3.05, 3.63) is 59.5 Å². The van der Waals surface area contributed by atoms with Crippen LogP contribution in [0.3, 0.4) is 0 Å². The third-order valence-electron chi connectivity index (χ3n) is 4.54. The zero-order chi connectivity index (χ0) is 20.8. The van der Waals surface area contributed by atoms with Gasteiger partial charge in [0, 0.05) is 11.9 Å². The highest BCUT2D eigenvalue weighted by molar-refractivity contribution is 6.05. The maximum atomic E-state index is 13.0. The van der Waals surface area contributed by atoms with Gasteiger partial charge in [-0.2, -0.15) is 0 Å². The first kappa shape index (κ1) is 20.4. The molecule has 0 aliphatic heterocycles. The number of ether oxygens (including phenoxy) is 2. The highest BCUT2D eigenvalue weighted by atomic mass is 16.5. The molecule has 2 heterocycles. The summed E-state index contributed by atoms with van der Waals surface area (Å²) >= 11 is 0. The summed E-state index contributed by atoms with van der Waals surface area (Å²) in [6, 6.07) is 10.3. The fraction of sp³-hybridized carbons (Fsp3) is 0.318. The van der Waals surface area contributed by atoms with Crippen molar-refractivity contribution in [2.75, 3.05) is 19.0 Å². The van der Waals surface area contributed by atoms with Crippen molar-refractivity contribution in [2.45, 2.75) is 33.1 Å². The summed E-state index contributed by atoms with van der Waals surface area (Å²) in [4.78, 5) is 29.8. The topological polar surface area (TPSA) is 81.9 Å². The summed E-state index contributed by atoms with van der Waals surface area (Å²) in [5, 5.41) is 2.86. The van der Waals surface area contributed by atoms with E-state index in [0.29, 0.717) is 47.1 Å². The molecule has 3 aromatic rings. The molecule has 152 valence electrons. The molecule has 1 amide bonds. The monoisotopic (exact) mass is 395 g/mol. The number of aromatic nitrogens is 2. The fourth-order valence-corrected chi connectivity index (χ4v) is 3.04. The Hall–Kier alpha value is -3.35. The second-order valence-electron chi connectivity index (χ2n) is 6.56. The average Bonchev–Trinajstić information content (AvgIpc) is 3.13. The van der Waals surface area contributed by atoms with Gasteiger partial charge in [0.2, 0.25) is 0 Å². The minimum Gasteiger partial charge on any atom is -0.493 e. The van der Waals surface area contributed by atoms with Crippen LogP contribution in [0.25, 0.3) is 5.65 Å². The van der Waals surface area contributed by atoms with Crippen molar-refractivity contribution in [3.63, 3.8) is 0 Å². The number of anilines is 1. The van der Waals surface area contributed by atoms with E-state index in [-0.39, 0.29) is 5.91 Å². The van der Waals surface area contributed by atoms with Gasteiger partial charge in [-0.3, -0.25) is 9.20 Å². The van der Waals surface area contributed by atoms with Crippen LogP contribution in [0.1, 0.15) is 53.2 Å². The highest BCUT2D eigenvalue weighted by Crippen LogP contribution is 2.23. The predicted octanol–water partition coefficient (Wildman–Crippen LogP) is 4.11. The maximum absolute atomic E-state index is 13.0. The van der Waals surface area contributed by atoms with Crippen LogP contribution in [-0.2, 0) is 11.2 Å². The molecule has 1 aromatic carbocycles. The number of hydrogen-bond acceptors (Lipinski definition) is 5. The molecule has 0 saturated carbocycles. The lowest BCUT2D eigenvalue weighted by Gasteiger charge is -2.09. The molecule has 0 radical (unpaired) electrons. The minimum absolute atomic E-state index is 0.306. The minimum atomic E-state index is -0.400. The van der Waals surface area contributed by atoms with Gasteiger partial charge in [-0.15, -0.1) is 0 Å². The summed E-state index contributed by atoms with van der Waals surface area (Å²) in [5.41, 5.74) is 2.61. The first-order valence-corrected chi connectivity index (χ1v) is 9.71. The molecule has 3 rings (SSSR count). The molecule has 0 atom stereocenters. The molecule has 7 nitrogen and oxygen atoms in total. The number of carbonyl (C=O) groups is 2. The van der Waals surface area contributed by atoms with Gasteiger partial charge in [-0.05, 0) is 43.2 Å². The number of fused-ring (bicyclic) bond motifs is 1. The van der Waals surface area contributed by atoms with E-state index in [1.165, 1.54) is 0 Å². The van der Waals surface area contributed by atoms with Crippen LogP contribution >= 0.6 is 0 Å². The average molecular weight is 395 g/mol. The van der Waals surface area contributed by atoms with Gasteiger partial charge in [0.15, 0.2) is 11.4 Å². The van der Waals surface area contributed by atoms with Gasteiger partial charge in [0.05, 0.1) is 25.0 Å². The number of pyridine rings is 1. The molecule has 29 heavy (non-hydrogen) atoms. The zero-order valence-corrected chi connectivity index (χ0v) is 16.9. The molecule has 2 aromatic heterocycles. The Bertz CT molecular complexity index is 1030. The SMILES string of the molecule is CCCCOC(=O)c1cccc(NC(=O)c2c(CC)nc3c(OC)cccn23)c1. The number of benzene rings is 1. The van der Waals surface area contributed by atoms with E-state index in [4.69, 9.17) is 9.47 Å². The van der Waals surface area contributed by atoms with Crippen molar-refractivity contribution >= 4 is 23.2 Å². The number of unbranched alkanes of at least 4 members (excludes halogenated alkanes) is 1. The molecule has 1 N–H and O–H groups in total. The number of aryl methyl sites for hydroxylation is 1. The largest absolute Gasteiger partial charge is 0.493 e. The number of amides is 1. The number of imidazole rings is 1. The van der Waals surface area contributed by atoms with E-state index < -0.39 is 5.97 Å². The highest BCUT2D eigenvalue weighted by Gasteiger charge is 2.20. The lowest BCUT2D eigenvalue weighted by Crippen LogP contribution is -2.17. The molecule has 0 fully saturated rings. The summed E-state index contributed by atoms with van der Waals surface area (Å²) in [7, 11) is 1.57. The van der Waals surface area contributed by atoms with Crippen molar-refractivity contribution in [2.24, 2.45) is 0 Å². The number of nitrogens with zero attached hydrogens (tertiary/aromatic N) is 2. The van der Waals surface area contributed by atoms with Crippen LogP contribution in [0.2, 0.25) is 0 Å². The Balaban J connectivity index is 1.86. The van der Waals surface area contributed by atoms with Crippen molar-refractivity contribution in [1.82, 2.24) is 9.38 Å². The van der Waals surface area contributed by atoms with Crippen LogP contribution in [-0.4, -0.2) is 35.0 Å². The van der Waals surface area contributed by atoms with Gasteiger partial charge in [0.1, 0.15) is 5.69 Å². The Kier molecular flexibility index (Phi) is 6.49. The molecule has 0 aliphatic carbocycles. The van der Waals surface area contributed by atoms with Crippen molar-refractivity contribution < 1.29 is 19.1 Å². The van der Waals surface area contributed by atoms with E-state index in [2.05, 4.69) is 10.3 Å². The summed E-state index contributed by atoms with van der Waals surface area (Å²) in [6.07, 6.45) is 4.14. The quantitative estimate of drug-likeness (QED) is 0.458. The zero-order valence-electron chi connectivity index (χ0n) is 16.9. The van der Waals surface area contributed by atoms with Crippen LogP contribution in [0.5, 0.6) is 5.75 Å². The second kappa shape index (κ2) is 9.23. The lowest BCUT2D eigenvalue weighted by atomic mass is 10.2. The second-order valence-corrected chi connectivity index (χ2v) is 6.56.